The van der Waals surface area contributed by atoms with Crippen LogP contribution in [-0.4, -0.2) is 52.5 Å². The lowest BCUT2D eigenvalue weighted by Gasteiger charge is -2.38. The molecule has 6 heteroatoms. The summed E-state index contributed by atoms with van der Waals surface area (Å²) < 4.78 is 0. The molecule has 2 heterocycles. The van der Waals surface area contributed by atoms with Gasteiger partial charge in [0.25, 0.3) is 5.91 Å². The number of amides is 2. The normalized spacial score (nSPS) is 24.3. The molecule has 2 atom stereocenters. The Kier molecular flexibility index (Phi) is 4.61. The van der Waals surface area contributed by atoms with Crippen molar-refractivity contribution in [2.45, 2.75) is 32.2 Å². The molecule has 0 unspecified atom stereocenters. The van der Waals surface area contributed by atoms with Crippen molar-refractivity contribution >= 4 is 11.8 Å². The van der Waals surface area contributed by atoms with E-state index in [4.69, 9.17) is 0 Å². The number of aliphatic hydroxyl groups excluding tert-OH is 1. The summed E-state index contributed by atoms with van der Waals surface area (Å²) in [7, 11) is 0. The molecule has 23 heavy (non-hydrogen) atoms. The fourth-order valence-electron chi connectivity index (χ4n) is 2.99. The standard InChI is InChI=1S/C17H23N3O3/c1-11-2-3-13(8-18-11)17(23)20-7-6-14(10-21)15(9-20)19-16(22)12-4-5-12/h2-3,8,12,14-15,21H,4-7,9-10H2,1H3,(H,19,22)/t14-,15-/m1/s1. The molecule has 2 N–H and O–H groups in total. The molecule has 2 amide bonds. The third-order valence-electron chi connectivity index (χ3n) is 4.71. The molecule has 0 spiro atoms. The number of aryl methyl sites for hydroxylation is 1. The second kappa shape index (κ2) is 6.66. The quantitative estimate of drug-likeness (QED) is 0.858. The summed E-state index contributed by atoms with van der Waals surface area (Å²) in [6.07, 6.45) is 4.17. The van der Waals surface area contributed by atoms with E-state index in [0.717, 1.165) is 18.5 Å². The van der Waals surface area contributed by atoms with Gasteiger partial charge in [0, 0.05) is 43.4 Å². The van der Waals surface area contributed by atoms with Crippen LogP contribution in [0.1, 0.15) is 35.3 Å². The van der Waals surface area contributed by atoms with Crippen molar-refractivity contribution < 1.29 is 14.7 Å². The lowest BCUT2D eigenvalue weighted by Crippen LogP contribution is -2.55. The predicted octanol–water partition coefficient (Wildman–Crippen LogP) is 0.739. The first-order valence-corrected chi connectivity index (χ1v) is 8.21. The summed E-state index contributed by atoms with van der Waals surface area (Å²) in [5, 5.41) is 12.6. The number of nitrogens with zero attached hydrogens (tertiary/aromatic N) is 2. The molecular formula is C17H23N3O3. The molecule has 1 aliphatic heterocycles. The highest BCUT2D eigenvalue weighted by Crippen LogP contribution is 2.30. The molecule has 1 saturated carbocycles. The maximum atomic E-state index is 12.6. The van der Waals surface area contributed by atoms with Crippen molar-refractivity contribution in [1.82, 2.24) is 15.2 Å². The van der Waals surface area contributed by atoms with Crippen LogP contribution in [0.4, 0.5) is 0 Å². The number of nitrogens with one attached hydrogen (secondary N) is 1. The topological polar surface area (TPSA) is 82.5 Å². The van der Waals surface area contributed by atoms with Crippen molar-refractivity contribution in [3.8, 4) is 0 Å². The number of rotatable bonds is 4. The van der Waals surface area contributed by atoms with E-state index in [2.05, 4.69) is 10.3 Å². The predicted molar refractivity (Wildman–Crippen MR) is 84.7 cm³/mol. The first kappa shape index (κ1) is 15.9. The van der Waals surface area contributed by atoms with E-state index in [0.29, 0.717) is 25.1 Å². The molecule has 2 aliphatic rings. The summed E-state index contributed by atoms with van der Waals surface area (Å²) in [6.45, 7) is 2.94. The molecule has 2 fully saturated rings. The van der Waals surface area contributed by atoms with E-state index < -0.39 is 0 Å². The summed E-state index contributed by atoms with van der Waals surface area (Å²) in [5.74, 6) is 0.124. The van der Waals surface area contributed by atoms with Gasteiger partial charge in [-0.05, 0) is 38.3 Å². The number of likely N-dealkylation sites (tertiary alicyclic amines) is 1. The lowest BCUT2D eigenvalue weighted by molar-refractivity contribution is -0.123. The highest BCUT2D eigenvalue weighted by Gasteiger charge is 2.36. The van der Waals surface area contributed by atoms with Gasteiger partial charge >= 0.3 is 0 Å². The van der Waals surface area contributed by atoms with Crippen LogP contribution in [0.25, 0.3) is 0 Å². The zero-order valence-corrected chi connectivity index (χ0v) is 13.4. The number of hydrogen-bond donors (Lipinski definition) is 2. The van der Waals surface area contributed by atoms with Crippen molar-refractivity contribution in [2.24, 2.45) is 11.8 Å². The van der Waals surface area contributed by atoms with E-state index in [1.165, 1.54) is 0 Å². The van der Waals surface area contributed by atoms with Gasteiger partial charge in [0.2, 0.25) is 5.91 Å². The van der Waals surface area contributed by atoms with E-state index in [-0.39, 0.29) is 36.3 Å². The molecule has 1 saturated heterocycles. The number of carbonyl (C=O) groups is 2. The molecule has 1 aromatic heterocycles. The maximum absolute atomic E-state index is 12.6. The smallest absolute Gasteiger partial charge is 0.255 e. The van der Waals surface area contributed by atoms with Crippen LogP contribution in [0.15, 0.2) is 18.3 Å². The molecular weight excluding hydrogens is 294 g/mol. The summed E-state index contributed by atoms with van der Waals surface area (Å²) in [6, 6.07) is 3.42. The third-order valence-corrected chi connectivity index (χ3v) is 4.71. The fraction of sp³-hybridized carbons (Fsp3) is 0.588. The zero-order valence-electron chi connectivity index (χ0n) is 13.4. The Labute approximate surface area is 135 Å². The van der Waals surface area contributed by atoms with Gasteiger partial charge in [-0.15, -0.1) is 0 Å². The zero-order chi connectivity index (χ0) is 16.4. The van der Waals surface area contributed by atoms with Crippen LogP contribution >= 0.6 is 0 Å². The van der Waals surface area contributed by atoms with Crippen LogP contribution in [0.5, 0.6) is 0 Å². The van der Waals surface area contributed by atoms with Crippen molar-refractivity contribution in [3.05, 3.63) is 29.6 Å². The second-order valence-electron chi connectivity index (χ2n) is 6.56. The Morgan fingerprint density at radius 3 is 2.74 bits per heavy atom. The number of carbonyl (C=O) groups excluding carboxylic acids is 2. The van der Waals surface area contributed by atoms with Gasteiger partial charge in [0.1, 0.15) is 0 Å². The average molecular weight is 317 g/mol. The first-order valence-electron chi connectivity index (χ1n) is 8.21. The second-order valence-corrected chi connectivity index (χ2v) is 6.56. The Hall–Kier alpha value is -1.95. The van der Waals surface area contributed by atoms with Crippen molar-refractivity contribution in [3.63, 3.8) is 0 Å². The van der Waals surface area contributed by atoms with Crippen molar-refractivity contribution in [1.29, 1.82) is 0 Å². The minimum Gasteiger partial charge on any atom is -0.396 e. The molecule has 124 valence electrons. The van der Waals surface area contributed by atoms with Crippen LogP contribution in [0, 0.1) is 18.8 Å². The van der Waals surface area contributed by atoms with Gasteiger partial charge in [-0.2, -0.15) is 0 Å². The Bertz CT molecular complexity index is 583. The SMILES string of the molecule is Cc1ccc(C(=O)N2CC[C@H](CO)[C@H](NC(=O)C3CC3)C2)cn1. The average Bonchev–Trinajstić information content (AvgIpc) is 3.40. The van der Waals surface area contributed by atoms with Gasteiger partial charge in [-0.1, -0.05) is 0 Å². The number of hydrogen-bond acceptors (Lipinski definition) is 4. The molecule has 0 radical (unpaired) electrons. The highest BCUT2D eigenvalue weighted by atomic mass is 16.3. The minimum absolute atomic E-state index is 0.0119. The van der Waals surface area contributed by atoms with E-state index in [9.17, 15) is 14.7 Å². The third kappa shape index (κ3) is 3.69. The summed E-state index contributed by atoms with van der Waals surface area (Å²) in [4.78, 5) is 30.5. The highest BCUT2D eigenvalue weighted by molar-refractivity contribution is 5.94. The van der Waals surface area contributed by atoms with E-state index >= 15 is 0 Å². The molecule has 1 aliphatic carbocycles. The number of aromatic nitrogens is 1. The van der Waals surface area contributed by atoms with Gasteiger partial charge in [-0.3, -0.25) is 14.6 Å². The summed E-state index contributed by atoms with van der Waals surface area (Å²) in [5.41, 5.74) is 1.43. The Balaban J connectivity index is 1.67. The van der Waals surface area contributed by atoms with Gasteiger partial charge in [0.05, 0.1) is 11.6 Å². The fourth-order valence-corrected chi connectivity index (χ4v) is 2.99. The van der Waals surface area contributed by atoms with Gasteiger partial charge in [0.15, 0.2) is 0 Å². The monoisotopic (exact) mass is 317 g/mol. The van der Waals surface area contributed by atoms with Crippen LogP contribution in [-0.2, 0) is 4.79 Å². The van der Waals surface area contributed by atoms with Crippen LogP contribution in [0.2, 0.25) is 0 Å². The van der Waals surface area contributed by atoms with Crippen LogP contribution < -0.4 is 5.32 Å². The largest absolute Gasteiger partial charge is 0.396 e. The lowest BCUT2D eigenvalue weighted by atomic mass is 9.91. The van der Waals surface area contributed by atoms with Gasteiger partial charge in [-0.25, -0.2) is 0 Å². The van der Waals surface area contributed by atoms with Crippen LogP contribution in [0.3, 0.4) is 0 Å². The maximum Gasteiger partial charge on any atom is 0.255 e. The first-order chi connectivity index (χ1) is 11.1. The number of piperidine rings is 1. The van der Waals surface area contributed by atoms with E-state index in [1.807, 2.05) is 13.0 Å². The van der Waals surface area contributed by atoms with Crippen molar-refractivity contribution in [2.75, 3.05) is 19.7 Å². The number of aliphatic hydroxyl groups is 1. The molecule has 3 rings (SSSR count). The molecule has 0 aromatic carbocycles. The number of pyridine rings is 1. The Morgan fingerprint density at radius 2 is 2.13 bits per heavy atom. The summed E-state index contributed by atoms with van der Waals surface area (Å²) >= 11 is 0. The molecule has 0 bridgehead atoms. The minimum atomic E-state index is -0.177. The van der Waals surface area contributed by atoms with Gasteiger partial charge < -0.3 is 15.3 Å². The Morgan fingerprint density at radius 1 is 1.35 bits per heavy atom. The van der Waals surface area contributed by atoms with E-state index in [1.54, 1.807) is 17.2 Å². The molecule has 6 nitrogen and oxygen atoms in total. The molecule has 1 aromatic rings.